The van der Waals surface area contributed by atoms with Crippen molar-refractivity contribution in [1.29, 1.82) is 0 Å². The van der Waals surface area contributed by atoms with Crippen molar-refractivity contribution in [2.45, 2.75) is 13.0 Å². The van der Waals surface area contributed by atoms with Crippen LogP contribution in [0, 0.1) is 17.0 Å². The molecule has 0 fully saturated rings. The Bertz CT molecular complexity index is 781. The smallest absolute Gasteiger partial charge is 0.230 e. The lowest BCUT2D eigenvalue weighted by molar-refractivity contribution is -0.484. The fraction of sp³-hybridized carbons (Fsp3) is 0.188. The average molecular weight is 281 g/mol. The summed E-state index contributed by atoms with van der Waals surface area (Å²) in [5, 5.41) is 16.4. The van der Waals surface area contributed by atoms with Gasteiger partial charge in [-0.1, -0.05) is 42.0 Å². The quantitative estimate of drug-likeness (QED) is 0.545. The van der Waals surface area contributed by atoms with Crippen LogP contribution in [0.1, 0.15) is 17.2 Å². The molecule has 2 aromatic carbocycles. The molecule has 3 rings (SSSR count). The van der Waals surface area contributed by atoms with Gasteiger partial charge in [0.1, 0.15) is 6.04 Å². The molecule has 0 N–H and O–H groups in total. The average Bonchev–Trinajstić information content (AvgIpc) is 2.88. The standard InChI is InChI=1S/C16H15N3O2/c1-12-7-8-15-14(9-12)10-17-19(15)16(11-18(20)21)13-5-3-2-4-6-13/h2-10,16H,11H2,1H3. The van der Waals surface area contributed by atoms with Crippen LogP contribution in [-0.4, -0.2) is 21.2 Å². The zero-order chi connectivity index (χ0) is 14.8. The molecule has 0 radical (unpaired) electrons. The van der Waals surface area contributed by atoms with Crippen LogP contribution in [0.15, 0.2) is 54.7 Å². The van der Waals surface area contributed by atoms with Crippen molar-refractivity contribution in [3.05, 3.63) is 76.0 Å². The number of aryl methyl sites for hydroxylation is 1. The first-order valence-corrected chi connectivity index (χ1v) is 6.76. The van der Waals surface area contributed by atoms with Crippen molar-refractivity contribution < 1.29 is 4.92 Å². The van der Waals surface area contributed by atoms with E-state index in [1.807, 2.05) is 55.5 Å². The Morgan fingerprint density at radius 3 is 2.71 bits per heavy atom. The van der Waals surface area contributed by atoms with E-state index in [1.165, 1.54) is 0 Å². The molecule has 0 saturated carbocycles. The minimum Gasteiger partial charge on any atom is -0.264 e. The summed E-state index contributed by atoms with van der Waals surface area (Å²) >= 11 is 0. The molecule has 0 amide bonds. The highest BCUT2D eigenvalue weighted by Crippen LogP contribution is 2.24. The normalized spacial score (nSPS) is 12.4. The largest absolute Gasteiger partial charge is 0.264 e. The van der Waals surface area contributed by atoms with Gasteiger partial charge in [-0.2, -0.15) is 5.10 Å². The maximum Gasteiger partial charge on any atom is 0.230 e. The number of hydrogen-bond acceptors (Lipinski definition) is 3. The maximum atomic E-state index is 11.0. The van der Waals surface area contributed by atoms with Crippen molar-refractivity contribution in [3.8, 4) is 0 Å². The minimum atomic E-state index is -0.401. The Morgan fingerprint density at radius 2 is 2.00 bits per heavy atom. The Kier molecular flexibility index (Phi) is 3.39. The number of hydrogen-bond donors (Lipinski definition) is 0. The lowest BCUT2D eigenvalue weighted by atomic mass is 10.1. The van der Waals surface area contributed by atoms with Gasteiger partial charge in [0.2, 0.25) is 6.54 Å². The summed E-state index contributed by atoms with van der Waals surface area (Å²) in [5.41, 5.74) is 2.95. The summed E-state index contributed by atoms with van der Waals surface area (Å²) in [4.78, 5) is 10.7. The summed E-state index contributed by atoms with van der Waals surface area (Å²) in [6.07, 6.45) is 1.76. The summed E-state index contributed by atoms with van der Waals surface area (Å²) in [6.45, 7) is 1.83. The zero-order valence-electron chi connectivity index (χ0n) is 11.6. The molecule has 0 aliphatic carbocycles. The maximum absolute atomic E-state index is 11.0. The number of rotatable bonds is 4. The van der Waals surface area contributed by atoms with Crippen LogP contribution in [0.3, 0.4) is 0 Å². The highest BCUT2D eigenvalue weighted by Gasteiger charge is 2.22. The lowest BCUT2D eigenvalue weighted by Crippen LogP contribution is -2.21. The van der Waals surface area contributed by atoms with E-state index in [2.05, 4.69) is 5.10 Å². The van der Waals surface area contributed by atoms with Gasteiger partial charge < -0.3 is 0 Å². The predicted octanol–water partition coefficient (Wildman–Crippen LogP) is 3.21. The van der Waals surface area contributed by atoms with Crippen LogP contribution in [0.4, 0.5) is 0 Å². The summed E-state index contributed by atoms with van der Waals surface area (Å²) in [6, 6.07) is 15.1. The molecule has 0 saturated heterocycles. The van der Waals surface area contributed by atoms with Crippen LogP contribution < -0.4 is 0 Å². The molecule has 5 heteroatoms. The zero-order valence-corrected chi connectivity index (χ0v) is 11.6. The van der Waals surface area contributed by atoms with Crippen LogP contribution in [0.25, 0.3) is 10.9 Å². The van der Waals surface area contributed by atoms with Crippen LogP contribution in [-0.2, 0) is 0 Å². The summed E-state index contributed by atoms with van der Waals surface area (Å²) in [5.74, 6) is 0. The number of nitrogens with zero attached hydrogens (tertiary/aromatic N) is 3. The van der Waals surface area contributed by atoms with Crippen molar-refractivity contribution in [1.82, 2.24) is 9.78 Å². The van der Waals surface area contributed by atoms with Crippen LogP contribution in [0.5, 0.6) is 0 Å². The molecular formula is C16H15N3O2. The molecule has 21 heavy (non-hydrogen) atoms. The van der Waals surface area contributed by atoms with E-state index in [-0.39, 0.29) is 11.5 Å². The third-order valence-electron chi connectivity index (χ3n) is 3.55. The molecule has 106 valence electrons. The van der Waals surface area contributed by atoms with Gasteiger partial charge in [-0.05, 0) is 24.6 Å². The highest BCUT2D eigenvalue weighted by atomic mass is 16.6. The molecule has 5 nitrogen and oxygen atoms in total. The van der Waals surface area contributed by atoms with Gasteiger partial charge >= 0.3 is 0 Å². The summed E-state index contributed by atoms with van der Waals surface area (Å²) < 4.78 is 1.74. The number of nitro groups is 1. The van der Waals surface area contributed by atoms with E-state index in [1.54, 1.807) is 10.9 Å². The van der Waals surface area contributed by atoms with Gasteiger partial charge in [-0.3, -0.25) is 14.8 Å². The van der Waals surface area contributed by atoms with Gasteiger partial charge in [-0.25, -0.2) is 0 Å². The lowest BCUT2D eigenvalue weighted by Gasteiger charge is -2.15. The van der Waals surface area contributed by atoms with Gasteiger partial charge in [0, 0.05) is 10.3 Å². The number of fused-ring (bicyclic) bond motifs is 1. The molecule has 0 aliphatic heterocycles. The monoisotopic (exact) mass is 281 g/mol. The summed E-state index contributed by atoms with van der Waals surface area (Å²) in [7, 11) is 0. The van der Waals surface area contributed by atoms with Crippen molar-refractivity contribution in [2.24, 2.45) is 0 Å². The van der Waals surface area contributed by atoms with E-state index in [0.29, 0.717) is 0 Å². The highest BCUT2D eigenvalue weighted by molar-refractivity contribution is 5.79. The molecule has 0 bridgehead atoms. The molecule has 1 heterocycles. The first kappa shape index (κ1) is 13.3. The minimum absolute atomic E-state index is 0.186. The number of aromatic nitrogens is 2. The van der Waals surface area contributed by atoms with Crippen molar-refractivity contribution >= 4 is 10.9 Å². The van der Waals surface area contributed by atoms with E-state index >= 15 is 0 Å². The van der Waals surface area contributed by atoms with Crippen LogP contribution in [0.2, 0.25) is 0 Å². The molecular weight excluding hydrogens is 266 g/mol. The Hall–Kier alpha value is -2.69. The van der Waals surface area contributed by atoms with Gasteiger partial charge in [0.05, 0.1) is 11.7 Å². The topological polar surface area (TPSA) is 61.0 Å². The predicted molar refractivity (Wildman–Crippen MR) is 80.9 cm³/mol. The second-order valence-electron chi connectivity index (χ2n) is 5.09. The van der Waals surface area contributed by atoms with Gasteiger partial charge in [0.15, 0.2) is 0 Å². The second-order valence-corrected chi connectivity index (χ2v) is 5.09. The molecule has 0 aliphatic rings. The van der Waals surface area contributed by atoms with Gasteiger partial charge in [0.25, 0.3) is 0 Å². The molecule has 0 spiro atoms. The molecule has 1 atom stereocenters. The Balaban J connectivity index is 2.12. The third kappa shape index (κ3) is 2.63. The first-order valence-electron chi connectivity index (χ1n) is 6.76. The Labute approximate surface area is 122 Å². The third-order valence-corrected chi connectivity index (χ3v) is 3.55. The Morgan fingerprint density at radius 1 is 1.24 bits per heavy atom. The van der Waals surface area contributed by atoms with Gasteiger partial charge in [-0.15, -0.1) is 0 Å². The SMILES string of the molecule is Cc1ccc2c(cnn2C(C[N+](=O)[O-])c2ccccc2)c1. The van der Waals surface area contributed by atoms with E-state index in [0.717, 1.165) is 22.0 Å². The first-order chi connectivity index (χ1) is 10.1. The fourth-order valence-electron chi connectivity index (χ4n) is 2.56. The van der Waals surface area contributed by atoms with Crippen molar-refractivity contribution in [3.63, 3.8) is 0 Å². The molecule has 1 unspecified atom stereocenters. The second kappa shape index (κ2) is 5.36. The van der Waals surface area contributed by atoms with Crippen LogP contribution >= 0.6 is 0 Å². The van der Waals surface area contributed by atoms with Crippen molar-refractivity contribution in [2.75, 3.05) is 6.54 Å². The van der Waals surface area contributed by atoms with E-state index in [9.17, 15) is 10.1 Å². The molecule has 3 aromatic rings. The van der Waals surface area contributed by atoms with E-state index in [4.69, 9.17) is 0 Å². The number of benzene rings is 2. The fourth-order valence-corrected chi connectivity index (χ4v) is 2.56. The van der Waals surface area contributed by atoms with E-state index < -0.39 is 6.04 Å². The molecule has 1 aromatic heterocycles.